The van der Waals surface area contributed by atoms with E-state index in [4.69, 9.17) is 31.9 Å². The number of nitrogens with zero attached hydrogens (tertiary/aromatic N) is 2. The highest BCUT2D eigenvalue weighted by Crippen LogP contribution is 2.39. The molecule has 32 heavy (non-hydrogen) atoms. The maximum atomic E-state index is 12.1. The van der Waals surface area contributed by atoms with Crippen LogP contribution in [0.4, 0.5) is 0 Å². The monoisotopic (exact) mass is 471 g/mol. The number of amides is 1. The second kappa shape index (κ2) is 9.60. The molecule has 0 aliphatic rings. The minimum absolute atomic E-state index is 0.0685. The maximum absolute atomic E-state index is 12.1. The first-order valence-electron chi connectivity index (χ1n) is 10.0. The number of hydrogen-bond donors (Lipinski definition) is 2. The van der Waals surface area contributed by atoms with Gasteiger partial charge in [0, 0.05) is 29.7 Å². The van der Waals surface area contributed by atoms with Gasteiger partial charge in [0.15, 0.2) is 0 Å². The fraction of sp³-hybridized carbons (Fsp3) is 0.217. The summed E-state index contributed by atoms with van der Waals surface area (Å²) in [6, 6.07) is 12.9. The van der Waals surface area contributed by atoms with E-state index in [2.05, 4.69) is 4.98 Å². The van der Waals surface area contributed by atoms with Crippen molar-refractivity contribution in [1.29, 1.82) is 0 Å². The molecule has 1 atom stereocenters. The Kier molecular flexibility index (Phi) is 6.64. The number of aliphatic hydroxyl groups excluding tert-OH is 1. The number of pyridine rings is 1. The lowest BCUT2D eigenvalue weighted by Crippen LogP contribution is -2.12. The Morgan fingerprint density at radius 1 is 1.31 bits per heavy atom. The summed E-state index contributed by atoms with van der Waals surface area (Å²) in [4.78, 5) is 17.7. The number of thiophene rings is 1. The molecule has 0 fully saturated rings. The van der Waals surface area contributed by atoms with Crippen LogP contribution in [-0.4, -0.2) is 33.6 Å². The van der Waals surface area contributed by atoms with Gasteiger partial charge in [-0.3, -0.25) is 9.20 Å². The van der Waals surface area contributed by atoms with Crippen LogP contribution in [0.15, 0.2) is 54.9 Å². The van der Waals surface area contributed by atoms with Crippen LogP contribution in [0.25, 0.3) is 16.2 Å². The van der Waals surface area contributed by atoms with Crippen LogP contribution >= 0.6 is 22.9 Å². The van der Waals surface area contributed by atoms with E-state index in [9.17, 15) is 4.79 Å². The first-order chi connectivity index (χ1) is 15.5. The fourth-order valence-electron chi connectivity index (χ4n) is 3.30. The average Bonchev–Trinajstić information content (AvgIpc) is 3.38. The third-order valence-corrected chi connectivity index (χ3v) is 6.37. The summed E-state index contributed by atoms with van der Waals surface area (Å²) in [6.45, 7) is 2.35. The fourth-order valence-corrected chi connectivity index (χ4v) is 4.54. The quantitative estimate of drug-likeness (QED) is 0.344. The Morgan fingerprint density at radius 3 is 2.88 bits per heavy atom. The van der Waals surface area contributed by atoms with Crippen molar-refractivity contribution >= 4 is 34.5 Å². The molecular weight excluding hydrogens is 450 g/mol. The number of fused-ring (bicyclic) bond motifs is 1. The second-order valence-corrected chi connectivity index (χ2v) is 8.57. The Balaban J connectivity index is 1.67. The van der Waals surface area contributed by atoms with Crippen molar-refractivity contribution in [3.8, 4) is 22.1 Å². The van der Waals surface area contributed by atoms with Crippen molar-refractivity contribution in [2.75, 3.05) is 13.2 Å². The maximum Gasteiger partial charge on any atom is 0.262 e. The van der Waals surface area contributed by atoms with Crippen molar-refractivity contribution < 1.29 is 19.4 Å². The van der Waals surface area contributed by atoms with Gasteiger partial charge in [0.1, 0.15) is 28.1 Å². The van der Waals surface area contributed by atoms with E-state index in [-0.39, 0.29) is 12.7 Å². The number of aromatic nitrogens is 2. The molecule has 9 heteroatoms. The molecule has 1 aromatic carbocycles. The summed E-state index contributed by atoms with van der Waals surface area (Å²) in [6.07, 6.45) is 3.72. The van der Waals surface area contributed by atoms with Crippen molar-refractivity contribution in [2.24, 2.45) is 5.73 Å². The molecule has 3 heterocycles. The van der Waals surface area contributed by atoms with E-state index in [0.29, 0.717) is 34.4 Å². The summed E-state index contributed by atoms with van der Waals surface area (Å²) in [7, 11) is 0. The molecule has 1 unspecified atom stereocenters. The lowest BCUT2D eigenvalue weighted by Gasteiger charge is -2.16. The zero-order valence-electron chi connectivity index (χ0n) is 17.3. The van der Waals surface area contributed by atoms with E-state index in [1.165, 1.54) is 11.3 Å². The molecule has 4 rings (SSSR count). The molecular formula is C23H22ClN3O4S. The molecule has 0 bridgehead atoms. The molecule has 4 aromatic rings. The van der Waals surface area contributed by atoms with Gasteiger partial charge in [0.2, 0.25) is 0 Å². The van der Waals surface area contributed by atoms with E-state index in [1.807, 2.05) is 47.9 Å². The molecule has 0 saturated carbocycles. The van der Waals surface area contributed by atoms with E-state index >= 15 is 0 Å². The first kappa shape index (κ1) is 22.1. The highest BCUT2D eigenvalue weighted by atomic mass is 35.5. The highest BCUT2D eigenvalue weighted by molar-refractivity contribution is 7.17. The van der Waals surface area contributed by atoms with Crippen molar-refractivity contribution in [1.82, 2.24) is 9.38 Å². The van der Waals surface area contributed by atoms with Gasteiger partial charge in [0.25, 0.3) is 5.91 Å². The molecule has 166 valence electrons. The zero-order chi connectivity index (χ0) is 22.7. The largest absolute Gasteiger partial charge is 0.492 e. The van der Waals surface area contributed by atoms with Gasteiger partial charge >= 0.3 is 0 Å². The number of hydrogen-bond acceptors (Lipinski definition) is 6. The molecule has 0 spiro atoms. The van der Waals surface area contributed by atoms with Crippen LogP contribution in [0.5, 0.6) is 11.5 Å². The third-order valence-electron chi connectivity index (χ3n) is 4.87. The Labute approximate surface area is 194 Å². The summed E-state index contributed by atoms with van der Waals surface area (Å²) >= 11 is 7.54. The van der Waals surface area contributed by atoms with Gasteiger partial charge in [-0.2, -0.15) is 0 Å². The molecule has 3 N–H and O–H groups in total. The molecule has 0 radical (unpaired) electrons. The van der Waals surface area contributed by atoms with Gasteiger partial charge in [-0.1, -0.05) is 29.8 Å². The average molecular weight is 472 g/mol. The van der Waals surface area contributed by atoms with Crippen LogP contribution in [0.1, 0.15) is 34.7 Å². The van der Waals surface area contributed by atoms with Crippen molar-refractivity contribution in [3.05, 3.63) is 70.3 Å². The van der Waals surface area contributed by atoms with Crippen LogP contribution < -0.4 is 15.2 Å². The van der Waals surface area contributed by atoms with Gasteiger partial charge in [-0.25, -0.2) is 4.98 Å². The lowest BCUT2D eigenvalue weighted by molar-refractivity contribution is 0.0998. The van der Waals surface area contributed by atoms with Gasteiger partial charge in [-0.15, -0.1) is 11.3 Å². The van der Waals surface area contributed by atoms with Gasteiger partial charge in [0.05, 0.1) is 29.6 Å². The number of benzene rings is 1. The molecule has 1 amide bonds. The lowest BCUT2D eigenvalue weighted by atomic mass is 10.1. The molecule has 7 nitrogen and oxygen atoms in total. The summed E-state index contributed by atoms with van der Waals surface area (Å²) < 4.78 is 13.7. The Hall–Kier alpha value is -3.07. The van der Waals surface area contributed by atoms with Gasteiger partial charge < -0.3 is 20.3 Å². The van der Waals surface area contributed by atoms with Gasteiger partial charge in [-0.05, 0) is 25.1 Å². The highest BCUT2D eigenvalue weighted by Gasteiger charge is 2.21. The molecule has 0 aliphatic heterocycles. The normalized spacial score (nSPS) is 12.1. The number of nitrogens with two attached hydrogens (primary N) is 1. The molecule has 3 aromatic heterocycles. The predicted molar refractivity (Wildman–Crippen MR) is 125 cm³/mol. The Bertz CT molecular complexity index is 1250. The first-order valence-corrected chi connectivity index (χ1v) is 11.2. The number of aliphatic hydroxyl groups is 1. The summed E-state index contributed by atoms with van der Waals surface area (Å²) in [5, 5.41) is 9.54. The smallest absolute Gasteiger partial charge is 0.262 e. The van der Waals surface area contributed by atoms with E-state index in [0.717, 1.165) is 21.8 Å². The van der Waals surface area contributed by atoms with Crippen LogP contribution in [-0.2, 0) is 0 Å². The topological polar surface area (TPSA) is 99.1 Å². The van der Waals surface area contributed by atoms with E-state index in [1.54, 1.807) is 18.3 Å². The SMILES string of the molecule is CC(Oc1cc(-c2cnc3ccc(OCCCO)cn23)sc1C(N)=O)c1ccccc1Cl. The summed E-state index contributed by atoms with van der Waals surface area (Å²) in [5.74, 6) is 0.486. The number of carbonyl (C=O) groups is 1. The Morgan fingerprint density at radius 2 is 2.12 bits per heavy atom. The number of rotatable bonds is 9. The minimum Gasteiger partial charge on any atom is -0.492 e. The van der Waals surface area contributed by atoms with Crippen LogP contribution in [0.2, 0.25) is 5.02 Å². The number of imidazole rings is 1. The number of primary amides is 1. The molecule has 0 aliphatic carbocycles. The zero-order valence-corrected chi connectivity index (χ0v) is 18.9. The number of carbonyl (C=O) groups excluding carboxylic acids is 1. The van der Waals surface area contributed by atoms with E-state index < -0.39 is 5.91 Å². The van der Waals surface area contributed by atoms with Crippen molar-refractivity contribution in [2.45, 2.75) is 19.4 Å². The minimum atomic E-state index is -0.565. The molecule has 0 saturated heterocycles. The van der Waals surface area contributed by atoms with Crippen molar-refractivity contribution in [3.63, 3.8) is 0 Å². The summed E-state index contributed by atoms with van der Waals surface area (Å²) in [5.41, 5.74) is 7.96. The van der Waals surface area contributed by atoms with Crippen LogP contribution in [0.3, 0.4) is 0 Å². The number of ether oxygens (including phenoxy) is 2. The standard InChI is InChI=1S/C23H22ClN3O4S/c1-14(16-5-2-3-6-17(16)24)31-19-11-20(32-22(19)23(25)29)18-12-26-21-8-7-15(13-27(18)21)30-10-4-9-28/h2-3,5-8,11-14,28H,4,9-10H2,1H3,(H2,25,29). The predicted octanol–water partition coefficient (Wildman–Crippen LogP) is 4.72. The number of halogens is 1. The third kappa shape index (κ3) is 4.57. The van der Waals surface area contributed by atoms with Crippen LogP contribution in [0, 0.1) is 0 Å². The second-order valence-electron chi connectivity index (χ2n) is 7.11.